The van der Waals surface area contributed by atoms with Gasteiger partial charge in [0.25, 0.3) is 16.0 Å². The predicted octanol–water partition coefficient (Wildman–Crippen LogP) is 1.77. The van der Waals surface area contributed by atoms with E-state index in [0.717, 1.165) is 11.1 Å². The Kier molecular flexibility index (Phi) is 5.36. The van der Waals surface area contributed by atoms with Crippen molar-refractivity contribution in [2.45, 2.75) is 43.2 Å². The van der Waals surface area contributed by atoms with Crippen LogP contribution in [-0.2, 0) is 26.3 Å². The molecule has 0 aliphatic carbocycles. The van der Waals surface area contributed by atoms with Crippen molar-refractivity contribution >= 4 is 27.8 Å². The molecule has 2 aromatic rings. The highest BCUT2D eigenvalue weighted by Crippen LogP contribution is 2.33. The van der Waals surface area contributed by atoms with Gasteiger partial charge in [0.05, 0.1) is 10.8 Å². The highest BCUT2D eigenvalue weighted by molar-refractivity contribution is 7.85. The van der Waals surface area contributed by atoms with Crippen molar-refractivity contribution in [3.05, 3.63) is 64.2 Å². The van der Waals surface area contributed by atoms with Crippen LogP contribution in [0, 0.1) is 19.3 Å². The maximum Gasteiger partial charge on any atom is 0.294 e. The highest BCUT2D eigenvalue weighted by Gasteiger charge is 2.39. The van der Waals surface area contributed by atoms with E-state index < -0.39 is 28.0 Å². The van der Waals surface area contributed by atoms with Crippen LogP contribution in [0.15, 0.2) is 41.3 Å². The largest absolute Gasteiger partial charge is 0.322 e. The molecule has 0 spiro atoms. The number of fused-ring (bicyclic) bond motifs is 1. The fourth-order valence-electron chi connectivity index (χ4n) is 4.21. The van der Waals surface area contributed by atoms with E-state index in [2.05, 4.69) is 11.2 Å². The second-order valence-corrected chi connectivity index (χ2v) is 9.33. The number of hydrogen-bond acceptors (Lipinski definition) is 5. The molecule has 0 bridgehead atoms. The lowest BCUT2D eigenvalue weighted by molar-refractivity contribution is -0.136. The molecule has 0 radical (unpaired) electrons. The summed E-state index contributed by atoms with van der Waals surface area (Å²) < 4.78 is 32.5. The van der Waals surface area contributed by atoms with E-state index in [4.69, 9.17) is 6.42 Å². The van der Waals surface area contributed by atoms with Crippen LogP contribution in [0.1, 0.15) is 51.4 Å². The number of hydrogen-bond donors (Lipinski definition) is 2. The first kappa shape index (κ1) is 21.7. The molecule has 8 nitrogen and oxygen atoms in total. The number of imide groups is 1. The molecule has 2 atom stereocenters. The van der Waals surface area contributed by atoms with Crippen molar-refractivity contribution in [1.82, 2.24) is 10.2 Å². The van der Waals surface area contributed by atoms with Gasteiger partial charge in [-0.25, -0.2) is 0 Å². The second-order valence-electron chi connectivity index (χ2n) is 7.91. The summed E-state index contributed by atoms with van der Waals surface area (Å²) in [5.41, 5.74) is 3.02. The first-order chi connectivity index (χ1) is 15.1. The smallest absolute Gasteiger partial charge is 0.294 e. The Morgan fingerprint density at radius 3 is 2.59 bits per heavy atom. The average Bonchev–Trinajstić information content (AvgIpc) is 3.05. The summed E-state index contributed by atoms with van der Waals surface area (Å²) in [4.78, 5) is 37.9. The van der Waals surface area contributed by atoms with Gasteiger partial charge >= 0.3 is 0 Å². The molecule has 3 amide bonds. The zero-order valence-electron chi connectivity index (χ0n) is 17.2. The number of nitrogens with zero attached hydrogens (tertiary/aromatic N) is 1. The van der Waals surface area contributed by atoms with Crippen LogP contribution in [-0.4, -0.2) is 41.6 Å². The van der Waals surface area contributed by atoms with Crippen molar-refractivity contribution in [2.75, 3.05) is 0 Å². The number of piperidine rings is 1. The van der Waals surface area contributed by atoms with Crippen molar-refractivity contribution < 1.29 is 27.4 Å². The van der Waals surface area contributed by atoms with Gasteiger partial charge in [0, 0.05) is 18.5 Å². The maximum absolute atomic E-state index is 13.1. The van der Waals surface area contributed by atoms with Gasteiger partial charge in [-0.3, -0.25) is 24.3 Å². The lowest BCUT2D eigenvalue weighted by Crippen LogP contribution is -2.52. The Bertz CT molecular complexity index is 1310. The Morgan fingerprint density at radius 1 is 1.19 bits per heavy atom. The quantitative estimate of drug-likeness (QED) is 0.414. The van der Waals surface area contributed by atoms with Crippen molar-refractivity contribution in [3.63, 3.8) is 0 Å². The van der Waals surface area contributed by atoms with E-state index in [1.807, 2.05) is 0 Å². The maximum atomic E-state index is 13.1. The summed E-state index contributed by atoms with van der Waals surface area (Å²) in [6, 6.07) is 8.67. The molecule has 164 valence electrons. The third-order valence-electron chi connectivity index (χ3n) is 5.91. The zero-order chi connectivity index (χ0) is 23.2. The van der Waals surface area contributed by atoms with Crippen molar-refractivity contribution in [2.24, 2.45) is 0 Å². The summed E-state index contributed by atoms with van der Waals surface area (Å²) >= 11 is 0. The third-order valence-corrected chi connectivity index (χ3v) is 6.76. The van der Waals surface area contributed by atoms with E-state index in [1.54, 1.807) is 31.2 Å². The monoisotopic (exact) mass is 452 g/mol. The van der Waals surface area contributed by atoms with Crippen LogP contribution < -0.4 is 5.32 Å². The molecular weight excluding hydrogens is 432 g/mol. The van der Waals surface area contributed by atoms with Crippen molar-refractivity contribution in [1.29, 1.82) is 0 Å². The fraction of sp³-hybridized carbons (Fsp3) is 0.261. The van der Waals surface area contributed by atoms with E-state index >= 15 is 0 Å². The van der Waals surface area contributed by atoms with Gasteiger partial charge in [-0.05, 0) is 53.8 Å². The van der Waals surface area contributed by atoms with Gasteiger partial charge in [-0.15, -0.1) is 6.42 Å². The number of aryl methyl sites for hydroxylation is 1. The molecule has 2 N–H and O–H groups in total. The number of benzene rings is 2. The summed E-state index contributed by atoms with van der Waals surface area (Å²) in [5.74, 6) is 0.832. The Hall–Kier alpha value is -3.48. The van der Waals surface area contributed by atoms with Gasteiger partial charge in [0.15, 0.2) is 0 Å². The van der Waals surface area contributed by atoms with Crippen LogP contribution in [0.25, 0.3) is 0 Å². The van der Waals surface area contributed by atoms with Gasteiger partial charge in [-0.2, -0.15) is 8.42 Å². The first-order valence-electron chi connectivity index (χ1n) is 9.92. The predicted molar refractivity (Wildman–Crippen MR) is 114 cm³/mol. The van der Waals surface area contributed by atoms with Crippen molar-refractivity contribution in [3.8, 4) is 12.3 Å². The van der Waals surface area contributed by atoms with Gasteiger partial charge in [0.1, 0.15) is 6.04 Å². The lowest BCUT2D eigenvalue weighted by Gasteiger charge is -2.29. The molecule has 9 heteroatoms. The highest BCUT2D eigenvalue weighted by atomic mass is 32.2. The number of terminal acetylenes is 1. The van der Waals surface area contributed by atoms with E-state index in [9.17, 15) is 27.4 Å². The molecule has 2 unspecified atom stereocenters. The SMILES string of the molecule is C#CC(c1ccc2c(c1)C(=O)N(C1CCC(=O)NC1=O)C2)c1cc(S(=O)(=O)O)ccc1C. The molecule has 32 heavy (non-hydrogen) atoms. The molecule has 4 rings (SSSR count). The molecule has 2 aliphatic rings. The molecule has 2 aliphatic heterocycles. The van der Waals surface area contributed by atoms with Crippen LogP contribution >= 0.6 is 0 Å². The molecule has 0 aromatic heterocycles. The number of amides is 3. The number of carbonyl (C=O) groups excluding carboxylic acids is 3. The van der Waals surface area contributed by atoms with E-state index in [1.165, 1.54) is 17.0 Å². The van der Waals surface area contributed by atoms with Crippen LogP contribution in [0.3, 0.4) is 0 Å². The fourth-order valence-corrected chi connectivity index (χ4v) is 4.72. The van der Waals surface area contributed by atoms with Crippen LogP contribution in [0.4, 0.5) is 0 Å². The average molecular weight is 452 g/mol. The van der Waals surface area contributed by atoms with Crippen LogP contribution in [0.5, 0.6) is 0 Å². The van der Waals surface area contributed by atoms with E-state index in [0.29, 0.717) is 16.7 Å². The Balaban J connectivity index is 1.68. The van der Waals surface area contributed by atoms with Gasteiger partial charge < -0.3 is 4.90 Å². The van der Waals surface area contributed by atoms with E-state index in [-0.39, 0.29) is 36.1 Å². The number of rotatable bonds is 4. The standard InChI is InChI=1S/C23H20N2O6S/c1-3-17(18-11-16(32(29,30)31)7-4-13(18)2)14-5-6-15-12-25(23(28)19(15)10-14)20-8-9-21(26)24-22(20)27/h1,4-7,10-11,17,20H,8-9,12H2,2H3,(H,24,26,27)(H,29,30,31). The minimum atomic E-state index is -4.40. The molecule has 1 fully saturated rings. The van der Waals surface area contributed by atoms with Gasteiger partial charge in [0.2, 0.25) is 11.8 Å². The number of carbonyl (C=O) groups is 3. The minimum Gasteiger partial charge on any atom is -0.322 e. The summed E-state index contributed by atoms with van der Waals surface area (Å²) in [6.45, 7) is 2.02. The molecule has 0 saturated carbocycles. The zero-order valence-corrected chi connectivity index (χ0v) is 18.0. The second kappa shape index (κ2) is 7.89. The molecule has 2 heterocycles. The molecule has 1 saturated heterocycles. The summed E-state index contributed by atoms with van der Waals surface area (Å²) in [5, 5.41) is 2.27. The lowest BCUT2D eigenvalue weighted by atomic mass is 9.88. The van der Waals surface area contributed by atoms with Gasteiger partial charge in [-0.1, -0.05) is 24.1 Å². The summed E-state index contributed by atoms with van der Waals surface area (Å²) in [6.07, 6.45) is 6.22. The molecular formula is C23H20N2O6S. The summed E-state index contributed by atoms with van der Waals surface area (Å²) in [7, 11) is -4.40. The number of nitrogens with one attached hydrogen (secondary N) is 1. The Morgan fingerprint density at radius 2 is 1.94 bits per heavy atom. The molecule has 2 aromatic carbocycles. The van der Waals surface area contributed by atoms with Crippen LogP contribution in [0.2, 0.25) is 0 Å². The Labute approximate surface area is 185 Å². The topological polar surface area (TPSA) is 121 Å². The minimum absolute atomic E-state index is 0.171. The third kappa shape index (κ3) is 3.79. The first-order valence-corrected chi connectivity index (χ1v) is 11.4. The normalized spacial score (nSPS) is 19.3.